The summed E-state index contributed by atoms with van der Waals surface area (Å²) in [4.78, 5) is 0. The van der Waals surface area contributed by atoms with Crippen LogP contribution in [0.4, 0.5) is 0 Å². The summed E-state index contributed by atoms with van der Waals surface area (Å²) in [5, 5.41) is 0.843. The van der Waals surface area contributed by atoms with Gasteiger partial charge < -0.3 is 0 Å². The highest BCUT2D eigenvalue weighted by Gasteiger charge is 2.22. The second-order valence-corrected chi connectivity index (χ2v) is 5.05. The SMILES string of the molecule is Clc1c(Cl)c(-c2ccc(Cl)n2Cl)n(Cl)c1Cl. The van der Waals surface area contributed by atoms with Gasteiger partial charge in [0.15, 0.2) is 0 Å². The van der Waals surface area contributed by atoms with E-state index >= 15 is 0 Å². The molecule has 0 radical (unpaired) electrons. The van der Waals surface area contributed by atoms with Crippen LogP contribution in [-0.2, 0) is 0 Å². The Morgan fingerprint density at radius 1 is 0.812 bits per heavy atom. The maximum Gasteiger partial charge on any atom is 0.144 e. The van der Waals surface area contributed by atoms with Gasteiger partial charge >= 0.3 is 0 Å². The fraction of sp³-hybridized carbons (Fsp3) is 0. The summed E-state index contributed by atoms with van der Waals surface area (Å²) >= 11 is 35.4. The Balaban J connectivity index is 2.74. The van der Waals surface area contributed by atoms with E-state index in [2.05, 4.69) is 0 Å². The van der Waals surface area contributed by atoms with Gasteiger partial charge in [0.25, 0.3) is 0 Å². The minimum Gasteiger partial charge on any atom is -0.240 e. The lowest BCUT2D eigenvalue weighted by molar-refractivity contribution is 1.19. The molecule has 0 aliphatic carbocycles. The van der Waals surface area contributed by atoms with Gasteiger partial charge in [-0.2, -0.15) is 0 Å². The highest BCUT2D eigenvalue weighted by molar-refractivity contribution is 6.51. The molecule has 86 valence electrons. The van der Waals surface area contributed by atoms with Crippen molar-refractivity contribution in [3.8, 4) is 11.4 Å². The van der Waals surface area contributed by atoms with E-state index in [4.69, 9.17) is 70.0 Å². The van der Waals surface area contributed by atoms with Crippen LogP contribution >= 0.6 is 70.0 Å². The molecule has 0 aromatic carbocycles. The Bertz CT molecular complexity index is 530. The van der Waals surface area contributed by atoms with Crippen molar-refractivity contribution in [3.05, 3.63) is 32.5 Å². The predicted molar refractivity (Wildman–Crippen MR) is 70.4 cm³/mol. The molecule has 0 saturated carbocycles. The highest BCUT2D eigenvalue weighted by atomic mass is 35.5. The van der Waals surface area contributed by atoms with Gasteiger partial charge in [0.2, 0.25) is 0 Å². The standard InChI is InChI=1S/C8H2Cl6N2/c9-4-2-1-3(15(4)13)7-5(10)6(11)8(12)16(7)14/h1-2H. The molecular weight excluding hydrogens is 337 g/mol. The molecule has 0 saturated heterocycles. The maximum absolute atomic E-state index is 6.00. The van der Waals surface area contributed by atoms with Gasteiger partial charge in [-0.3, -0.25) is 0 Å². The molecule has 0 aliphatic heterocycles. The summed E-state index contributed by atoms with van der Waals surface area (Å²) in [5.41, 5.74) is 0.890. The number of hydrogen-bond acceptors (Lipinski definition) is 0. The number of aromatic nitrogens is 2. The van der Waals surface area contributed by atoms with E-state index in [0.717, 1.165) is 4.09 Å². The Morgan fingerprint density at radius 2 is 1.44 bits per heavy atom. The molecule has 0 unspecified atom stereocenters. The Morgan fingerprint density at radius 3 is 1.81 bits per heavy atom. The van der Waals surface area contributed by atoms with Crippen LogP contribution in [0.15, 0.2) is 12.1 Å². The van der Waals surface area contributed by atoms with Crippen molar-refractivity contribution in [1.82, 2.24) is 8.17 Å². The molecular formula is C8H2Cl6N2. The van der Waals surface area contributed by atoms with Crippen LogP contribution in [0.1, 0.15) is 0 Å². The smallest absolute Gasteiger partial charge is 0.144 e. The summed E-state index contributed by atoms with van der Waals surface area (Å²) < 4.78 is 2.32. The third-order valence-corrected chi connectivity index (χ3v) is 4.43. The number of halogens is 6. The monoisotopic (exact) mass is 336 g/mol. The molecule has 0 amide bonds. The van der Waals surface area contributed by atoms with Gasteiger partial charge in [0.1, 0.15) is 16.0 Å². The lowest BCUT2D eigenvalue weighted by Gasteiger charge is -2.03. The zero-order chi connectivity index (χ0) is 12.0. The highest BCUT2D eigenvalue weighted by Crippen LogP contribution is 2.43. The molecule has 0 N–H and O–H groups in total. The molecule has 0 spiro atoms. The predicted octanol–water partition coefficient (Wildman–Crippen LogP) is 5.57. The lowest BCUT2D eigenvalue weighted by atomic mass is 10.3. The zero-order valence-corrected chi connectivity index (χ0v) is 11.9. The number of rotatable bonds is 1. The average Bonchev–Trinajstić information content (AvgIpc) is 2.66. The van der Waals surface area contributed by atoms with E-state index in [1.54, 1.807) is 12.1 Å². The number of hydrogen-bond donors (Lipinski definition) is 0. The molecule has 16 heavy (non-hydrogen) atoms. The normalized spacial score (nSPS) is 11.1. The average molecular weight is 339 g/mol. The van der Waals surface area contributed by atoms with Crippen molar-refractivity contribution in [2.75, 3.05) is 0 Å². The van der Waals surface area contributed by atoms with E-state index in [1.165, 1.54) is 4.09 Å². The van der Waals surface area contributed by atoms with Crippen LogP contribution in [0, 0.1) is 0 Å². The van der Waals surface area contributed by atoms with Crippen molar-refractivity contribution in [2.24, 2.45) is 0 Å². The van der Waals surface area contributed by atoms with Crippen molar-refractivity contribution in [1.29, 1.82) is 0 Å². The van der Waals surface area contributed by atoms with Crippen LogP contribution in [-0.4, -0.2) is 8.17 Å². The lowest BCUT2D eigenvalue weighted by Crippen LogP contribution is -1.90. The molecule has 0 bridgehead atoms. The fourth-order valence-corrected chi connectivity index (χ4v) is 2.60. The van der Waals surface area contributed by atoms with Crippen molar-refractivity contribution in [3.63, 3.8) is 0 Å². The second kappa shape index (κ2) is 4.52. The summed E-state index contributed by atoms with van der Waals surface area (Å²) in [7, 11) is 0. The molecule has 2 heterocycles. The Kier molecular flexibility index (Phi) is 3.60. The first kappa shape index (κ1) is 12.7. The van der Waals surface area contributed by atoms with Gasteiger partial charge in [0.05, 0.1) is 15.7 Å². The fourth-order valence-electron chi connectivity index (χ4n) is 1.24. The van der Waals surface area contributed by atoms with Crippen molar-refractivity contribution in [2.45, 2.75) is 0 Å². The quantitative estimate of drug-likeness (QED) is 0.643. The minimum atomic E-state index is 0.123. The first-order chi connectivity index (χ1) is 7.45. The minimum absolute atomic E-state index is 0.123. The Hall–Kier alpha value is 0.300. The number of nitrogens with zero attached hydrogens (tertiary/aromatic N) is 2. The summed E-state index contributed by atoms with van der Waals surface area (Å²) in [6.07, 6.45) is 0. The van der Waals surface area contributed by atoms with E-state index in [0.29, 0.717) is 16.5 Å². The van der Waals surface area contributed by atoms with E-state index < -0.39 is 0 Å². The van der Waals surface area contributed by atoms with Crippen molar-refractivity contribution >= 4 is 70.0 Å². The van der Waals surface area contributed by atoms with Gasteiger partial charge in [-0.15, -0.1) is 0 Å². The molecule has 0 fully saturated rings. The van der Waals surface area contributed by atoms with Crippen molar-refractivity contribution < 1.29 is 0 Å². The van der Waals surface area contributed by atoms with Crippen LogP contribution < -0.4 is 0 Å². The summed E-state index contributed by atoms with van der Waals surface area (Å²) in [5.74, 6) is 0. The molecule has 0 aliphatic rings. The topological polar surface area (TPSA) is 9.86 Å². The van der Waals surface area contributed by atoms with Crippen LogP contribution in [0.25, 0.3) is 11.4 Å². The summed E-state index contributed by atoms with van der Waals surface area (Å²) in [6.45, 7) is 0. The van der Waals surface area contributed by atoms with E-state index in [1.807, 2.05) is 0 Å². The molecule has 0 atom stereocenters. The third-order valence-electron chi connectivity index (χ3n) is 1.97. The van der Waals surface area contributed by atoms with Gasteiger partial charge in [-0.25, -0.2) is 8.17 Å². The van der Waals surface area contributed by atoms with Gasteiger partial charge in [-0.1, -0.05) is 46.4 Å². The molecule has 2 rings (SSSR count). The van der Waals surface area contributed by atoms with Gasteiger partial charge in [0, 0.05) is 23.6 Å². The van der Waals surface area contributed by atoms with E-state index in [-0.39, 0.29) is 15.2 Å². The molecule has 2 aromatic heterocycles. The first-order valence-corrected chi connectivity index (χ1v) is 6.09. The Labute approximate surface area is 121 Å². The van der Waals surface area contributed by atoms with Crippen LogP contribution in [0.2, 0.25) is 20.4 Å². The zero-order valence-electron chi connectivity index (χ0n) is 7.32. The second-order valence-electron chi connectivity index (χ2n) is 2.87. The van der Waals surface area contributed by atoms with E-state index in [9.17, 15) is 0 Å². The maximum atomic E-state index is 6.00. The molecule has 2 nitrogen and oxygen atoms in total. The van der Waals surface area contributed by atoms with Crippen LogP contribution in [0.5, 0.6) is 0 Å². The summed E-state index contributed by atoms with van der Waals surface area (Å²) in [6, 6.07) is 3.26. The largest absolute Gasteiger partial charge is 0.240 e. The van der Waals surface area contributed by atoms with Gasteiger partial charge in [-0.05, 0) is 12.1 Å². The molecule has 2 aromatic rings. The third kappa shape index (κ3) is 1.82. The molecule has 8 heteroatoms. The van der Waals surface area contributed by atoms with Crippen LogP contribution in [0.3, 0.4) is 0 Å². The first-order valence-electron chi connectivity index (χ1n) is 3.90.